The first-order valence-electron chi connectivity index (χ1n) is 33.1. The highest BCUT2D eigenvalue weighted by Crippen LogP contribution is 2.54. The molecule has 0 fully saturated rings. The number of anilines is 4. The van der Waals surface area contributed by atoms with Crippen LogP contribution < -0.4 is 14.5 Å². The van der Waals surface area contributed by atoms with Gasteiger partial charge in [0.05, 0.1) is 37.7 Å². The van der Waals surface area contributed by atoms with E-state index < -0.39 is 5.41 Å². The molecule has 5 heteroatoms. The SMILES string of the molecule is [2H]c1c([2H])c2c(c([2H])c1-c1cc(C(C)(C)C)cc(-c3ccc(-c4ccc(C(C)(C)C)cc4C(C)(C)C)cc3)c1N1CN(c3cccc(Oc4ccc5c6c([2H])c([2H])c([2H])c([2H])c6n(-c6cc(C(C)(C)C)ccn6)c5c4)c3)c3ccccc31)C(C)(C)CCC2(C)C. The first-order chi connectivity index (χ1) is 42.1. The summed E-state index contributed by atoms with van der Waals surface area (Å²) in [5.41, 5.74) is 14.9. The van der Waals surface area contributed by atoms with Crippen LogP contribution in [-0.2, 0) is 32.5 Å². The number of ether oxygens (including phenoxy) is 1. The molecular formula is C78H84N4O. The number of hydrogen-bond acceptors (Lipinski definition) is 4. The van der Waals surface area contributed by atoms with Gasteiger partial charge in [0.2, 0.25) is 0 Å². The van der Waals surface area contributed by atoms with Crippen molar-refractivity contribution < 1.29 is 14.3 Å². The Morgan fingerprint density at radius 2 is 1.10 bits per heavy atom. The summed E-state index contributed by atoms with van der Waals surface area (Å²) >= 11 is 0. The largest absolute Gasteiger partial charge is 0.457 e. The third-order valence-corrected chi connectivity index (χ3v) is 17.6. The van der Waals surface area contributed by atoms with Crippen LogP contribution in [0.2, 0.25) is 0 Å². The maximum atomic E-state index is 10.5. The molecule has 0 radical (unpaired) electrons. The Balaban J connectivity index is 1.03. The van der Waals surface area contributed by atoms with Crippen molar-refractivity contribution in [2.45, 2.75) is 156 Å². The highest BCUT2D eigenvalue weighted by atomic mass is 16.5. The van der Waals surface area contributed by atoms with E-state index in [9.17, 15) is 5.48 Å². The van der Waals surface area contributed by atoms with Gasteiger partial charge in [0.25, 0.3) is 0 Å². The summed E-state index contributed by atoms with van der Waals surface area (Å²) in [5, 5.41) is 1.06. The molecule has 0 saturated carbocycles. The zero-order valence-electron chi connectivity index (χ0n) is 58.6. The molecule has 12 rings (SSSR count). The van der Waals surface area contributed by atoms with E-state index in [1.165, 1.54) is 16.7 Å². The molecule has 3 heterocycles. The van der Waals surface area contributed by atoms with E-state index >= 15 is 0 Å². The fourth-order valence-electron chi connectivity index (χ4n) is 12.4. The van der Waals surface area contributed by atoms with Crippen LogP contribution >= 0.6 is 0 Å². The third kappa shape index (κ3) is 10.2. The van der Waals surface area contributed by atoms with Crippen molar-refractivity contribution in [1.29, 1.82) is 0 Å². The van der Waals surface area contributed by atoms with Crippen LogP contribution in [0.1, 0.15) is 167 Å². The molecule has 8 aromatic carbocycles. The van der Waals surface area contributed by atoms with Gasteiger partial charge in [0.1, 0.15) is 24.0 Å². The van der Waals surface area contributed by atoms with Crippen molar-refractivity contribution in [1.82, 2.24) is 9.55 Å². The maximum Gasteiger partial charge on any atom is 0.137 e. The summed E-state index contributed by atoms with van der Waals surface area (Å²) in [6.07, 6.45) is 3.47. The smallest absolute Gasteiger partial charge is 0.137 e. The van der Waals surface area contributed by atoms with Crippen molar-refractivity contribution in [3.05, 3.63) is 215 Å². The molecule has 0 atom stereocenters. The van der Waals surface area contributed by atoms with Crippen molar-refractivity contribution in [3.8, 4) is 50.7 Å². The Labute approximate surface area is 504 Å². The van der Waals surface area contributed by atoms with Crippen LogP contribution in [-0.4, -0.2) is 16.2 Å². The summed E-state index contributed by atoms with van der Waals surface area (Å²) in [5.74, 6) is 1.61. The van der Waals surface area contributed by atoms with Crippen LogP contribution in [0.4, 0.5) is 22.7 Å². The average Bonchev–Trinajstić information content (AvgIpc) is 1.14. The lowest BCUT2D eigenvalue weighted by atomic mass is 9.63. The van der Waals surface area contributed by atoms with Crippen molar-refractivity contribution in [2.24, 2.45) is 0 Å². The quantitative estimate of drug-likeness (QED) is 0.152. The standard InChI is InChI=1S/C78H84N4O/c1-73(2,3)53-33-35-59(65(45-53)76(10,11)12)50-28-30-51(31-29-50)62-43-55(75(7,8)9)44-63(52-32-37-64-66(42-52)78(15,16)40-39-77(64,13)14)72(62)81-49-80(68-26-19-20-27-69(68)81)56-22-21-23-57(47-56)83-58-34-36-61-60-24-17-18-25-67(60)82(70(61)48-58)71-46-54(38-41-79-71)74(4,5)6/h17-38,41-48H,39-40,49H2,1-16H3/i17D,18D,24D,25D,32D,37D,42D. The minimum Gasteiger partial charge on any atom is -0.457 e. The van der Waals surface area contributed by atoms with Gasteiger partial charge >= 0.3 is 0 Å². The maximum absolute atomic E-state index is 10.5. The van der Waals surface area contributed by atoms with E-state index in [1.54, 1.807) is 6.20 Å². The molecule has 0 amide bonds. The van der Waals surface area contributed by atoms with Gasteiger partial charge in [-0.2, -0.15) is 0 Å². The highest BCUT2D eigenvalue weighted by molar-refractivity contribution is 6.09. The molecule has 2 aromatic heterocycles. The second kappa shape index (κ2) is 19.9. The zero-order chi connectivity index (χ0) is 64.9. The predicted octanol–water partition coefficient (Wildman–Crippen LogP) is 21.8. The van der Waals surface area contributed by atoms with Gasteiger partial charge in [0, 0.05) is 45.9 Å². The molecule has 0 N–H and O–H groups in total. The second-order valence-corrected chi connectivity index (χ2v) is 28.8. The average molecular weight is 1100 g/mol. The normalized spacial score (nSPS) is 16.4. The molecule has 0 saturated heterocycles. The Morgan fingerprint density at radius 1 is 0.482 bits per heavy atom. The predicted molar refractivity (Wildman–Crippen MR) is 354 cm³/mol. The molecule has 0 unspecified atom stereocenters. The van der Waals surface area contributed by atoms with Crippen molar-refractivity contribution in [2.75, 3.05) is 16.5 Å². The number of hydrogen-bond donors (Lipinski definition) is 0. The summed E-state index contributed by atoms with van der Waals surface area (Å²) in [7, 11) is 0. The molecule has 10 aromatic rings. The third-order valence-electron chi connectivity index (χ3n) is 17.6. The molecule has 83 heavy (non-hydrogen) atoms. The minimum atomic E-state index is -0.406. The number of fused-ring (bicyclic) bond motifs is 5. The minimum absolute atomic E-state index is 0.0113. The number of pyridine rings is 1. The second-order valence-electron chi connectivity index (χ2n) is 28.8. The summed E-state index contributed by atoms with van der Waals surface area (Å²) in [6.45, 7) is 35.8. The molecule has 0 spiro atoms. The molecule has 2 aliphatic rings. The van der Waals surface area contributed by atoms with Crippen molar-refractivity contribution >= 4 is 44.6 Å². The van der Waals surface area contributed by atoms with Crippen molar-refractivity contribution in [3.63, 3.8) is 0 Å². The van der Waals surface area contributed by atoms with Crippen LogP contribution in [0.5, 0.6) is 11.5 Å². The van der Waals surface area contributed by atoms with Gasteiger partial charge in [-0.15, -0.1) is 0 Å². The van der Waals surface area contributed by atoms with E-state index in [1.807, 2.05) is 53.1 Å². The van der Waals surface area contributed by atoms with E-state index in [2.05, 4.69) is 206 Å². The lowest BCUT2D eigenvalue weighted by molar-refractivity contribution is 0.332. The monoisotopic (exact) mass is 1100 g/mol. The molecule has 1 aliphatic carbocycles. The number of nitrogens with zero attached hydrogens (tertiary/aromatic N) is 4. The molecule has 1 aliphatic heterocycles. The van der Waals surface area contributed by atoms with Crippen LogP contribution in [0.25, 0.3) is 61.0 Å². The molecule has 5 nitrogen and oxygen atoms in total. The van der Waals surface area contributed by atoms with Gasteiger partial charge in [-0.1, -0.05) is 208 Å². The van der Waals surface area contributed by atoms with Gasteiger partial charge in [0.15, 0.2) is 0 Å². The lowest BCUT2D eigenvalue weighted by Gasteiger charge is -2.42. The summed E-state index contributed by atoms with van der Waals surface area (Å²) in [4.78, 5) is 9.42. The fraction of sp³-hybridized carbons (Fsp3) is 0.321. The van der Waals surface area contributed by atoms with Gasteiger partial charge < -0.3 is 14.5 Å². The Kier molecular flexibility index (Phi) is 11.4. The summed E-state index contributed by atoms with van der Waals surface area (Å²) < 4.78 is 75.1. The van der Waals surface area contributed by atoms with Crippen LogP contribution in [0, 0.1) is 0 Å². The molecular weight excluding hydrogens is 1010 g/mol. The van der Waals surface area contributed by atoms with Crippen LogP contribution in [0.15, 0.2) is 182 Å². The van der Waals surface area contributed by atoms with Gasteiger partial charge in [-0.05, 0) is 168 Å². The highest BCUT2D eigenvalue weighted by Gasteiger charge is 2.39. The first kappa shape index (κ1) is 47.6. The number of aromatic nitrogens is 2. The van der Waals surface area contributed by atoms with Gasteiger partial charge in [-0.25, -0.2) is 4.98 Å². The number of para-hydroxylation sites is 3. The lowest BCUT2D eigenvalue weighted by Crippen LogP contribution is -2.33. The fourth-order valence-corrected chi connectivity index (χ4v) is 12.4. The summed E-state index contributed by atoms with van der Waals surface area (Å²) in [6, 6.07) is 46.1. The Bertz CT molecular complexity index is 4570. The number of rotatable bonds is 8. The Hall–Kier alpha value is -7.89. The Morgan fingerprint density at radius 3 is 1.77 bits per heavy atom. The molecule has 0 bridgehead atoms. The van der Waals surface area contributed by atoms with E-state index in [0.29, 0.717) is 57.4 Å². The van der Waals surface area contributed by atoms with E-state index in [-0.39, 0.29) is 63.3 Å². The topological polar surface area (TPSA) is 33.5 Å². The molecule has 422 valence electrons. The zero-order valence-corrected chi connectivity index (χ0v) is 51.6. The number of benzene rings is 8. The van der Waals surface area contributed by atoms with Gasteiger partial charge in [-0.3, -0.25) is 4.57 Å². The van der Waals surface area contributed by atoms with Crippen LogP contribution in [0.3, 0.4) is 0 Å². The van der Waals surface area contributed by atoms with E-state index in [0.717, 1.165) is 80.1 Å². The van der Waals surface area contributed by atoms with E-state index in [4.69, 9.17) is 13.8 Å². The first-order valence-corrected chi connectivity index (χ1v) is 29.6.